The molecular formula is C16H21BrN4O2. The predicted octanol–water partition coefficient (Wildman–Crippen LogP) is 1.78. The third-order valence-corrected chi connectivity index (χ3v) is 4.51. The summed E-state index contributed by atoms with van der Waals surface area (Å²) in [4.78, 5) is 19.4. The molecule has 0 unspecified atom stereocenters. The number of amides is 1. The lowest BCUT2D eigenvalue weighted by Crippen LogP contribution is -2.41. The molecule has 2 aromatic rings. The molecule has 23 heavy (non-hydrogen) atoms. The first-order valence-corrected chi connectivity index (χ1v) is 8.58. The van der Waals surface area contributed by atoms with Crippen LogP contribution in [0.4, 0.5) is 0 Å². The van der Waals surface area contributed by atoms with Crippen LogP contribution in [0.3, 0.4) is 0 Å². The van der Waals surface area contributed by atoms with Crippen LogP contribution in [-0.4, -0.2) is 59.6 Å². The topological polar surface area (TPSA) is 58.9 Å². The molecule has 0 saturated carbocycles. The molecule has 2 aromatic heterocycles. The Morgan fingerprint density at radius 1 is 1.39 bits per heavy atom. The molecule has 1 amide bonds. The van der Waals surface area contributed by atoms with Crippen molar-refractivity contribution in [2.75, 3.05) is 39.4 Å². The minimum atomic E-state index is -0.0826. The summed E-state index contributed by atoms with van der Waals surface area (Å²) < 4.78 is 8.12. The van der Waals surface area contributed by atoms with E-state index in [2.05, 4.69) is 31.1 Å². The van der Waals surface area contributed by atoms with Crippen LogP contribution in [0.25, 0.3) is 5.65 Å². The van der Waals surface area contributed by atoms with Crippen LogP contribution < -0.4 is 5.32 Å². The second-order valence-electron chi connectivity index (χ2n) is 5.79. The first-order chi connectivity index (χ1) is 11.1. The third kappa shape index (κ3) is 3.57. The van der Waals surface area contributed by atoms with Crippen molar-refractivity contribution in [3.63, 3.8) is 0 Å². The molecule has 7 heteroatoms. The predicted molar refractivity (Wildman–Crippen MR) is 92.0 cm³/mol. The van der Waals surface area contributed by atoms with Crippen molar-refractivity contribution in [2.24, 2.45) is 0 Å². The van der Waals surface area contributed by atoms with Crippen LogP contribution in [-0.2, 0) is 4.74 Å². The molecule has 1 aliphatic heterocycles. The van der Waals surface area contributed by atoms with Gasteiger partial charge in [0.25, 0.3) is 5.91 Å². The highest BCUT2D eigenvalue weighted by Gasteiger charge is 2.18. The highest BCUT2D eigenvalue weighted by molar-refractivity contribution is 9.10. The molecule has 0 bridgehead atoms. The van der Waals surface area contributed by atoms with Crippen LogP contribution in [0, 0.1) is 13.8 Å². The van der Waals surface area contributed by atoms with E-state index in [1.807, 2.05) is 30.5 Å². The number of nitrogens with one attached hydrogen (secondary N) is 1. The summed E-state index contributed by atoms with van der Waals surface area (Å²) in [6.45, 7) is 8.73. The van der Waals surface area contributed by atoms with Crippen LogP contribution in [0.15, 0.2) is 16.7 Å². The second kappa shape index (κ2) is 6.98. The lowest BCUT2D eigenvalue weighted by molar-refractivity contribution is 0.0383. The van der Waals surface area contributed by atoms with E-state index >= 15 is 0 Å². The number of aryl methyl sites for hydroxylation is 2. The number of nitrogens with zero attached hydrogens (tertiary/aromatic N) is 3. The van der Waals surface area contributed by atoms with Crippen molar-refractivity contribution in [3.05, 3.63) is 33.7 Å². The summed E-state index contributed by atoms with van der Waals surface area (Å²) in [5.74, 6) is -0.0826. The maximum absolute atomic E-state index is 12.6. The smallest absolute Gasteiger partial charge is 0.270 e. The largest absolute Gasteiger partial charge is 0.379 e. The Bertz CT molecular complexity index is 722. The molecular weight excluding hydrogens is 360 g/mol. The van der Waals surface area contributed by atoms with Gasteiger partial charge in [0.15, 0.2) is 0 Å². The standard InChI is InChI=1S/C16H21BrN4O2/c1-11-9-13(17)10-21-14(12(2)19-15(11)21)16(22)18-3-4-20-5-7-23-8-6-20/h9-10H,3-8H2,1-2H3,(H,18,22). The molecule has 1 N–H and O–H groups in total. The van der Waals surface area contributed by atoms with Gasteiger partial charge in [0, 0.05) is 36.8 Å². The van der Waals surface area contributed by atoms with Crippen LogP contribution in [0.5, 0.6) is 0 Å². The number of rotatable bonds is 4. The van der Waals surface area contributed by atoms with Crippen LogP contribution >= 0.6 is 15.9 Å². The van der Waals surface area contributed by atoms with Gasteiger partial charge in [-0.3, -0.25) is 14.1 Å². The quantitative estimate of drug-likeness (QED) is 0.877. The van der Waals surface area contributed by atoms with Crippen molar-refractivity contribution in [1.29, 1.82) is 0 Å². The molecule has 3 rings (SSSR count). The normalized spacial score (nSPS) is 16.0. The first kappa shape index (κ1) is 16.4. The molecule has 0 aliphatic carbocycles. The van der Waals surface area contributed by atoms with E-state index in [1.54, 1.807) is 0 Å². The fourth-order valence-corrected chi connectivity index (χ4v) is 3.44. The molecule has 1 saturated heterocycles. The summed E-state index contributed by atoms with van der Waals surface area (Å²) in [6, 6.07) is 2.00. The maximum Gasteiger partial charge on any atom is 0.270 e. The molecule has 3 heterocycles. The first-order valence-electron chi connectivity index (χ1n) is 7.79. The Morgan fingerprint density at radius 3 is 2.87 bits per heavy atom. The number of morpholine rings is 1. The Balaban J connectivity index is 1.71. The number of halogens is 1. The molecule has 1 fully saturated rings. The van der Waals surface area contributed by atoms with E-state index in [0.29, 0.717) is 12.2 Å². The average molecular weight is 381 g/mol. The summed E-state index contributed by atoms with van der Waals surface area (Å²) >= 11 is 3.48. The van der Waals surface area contributed by atoms with Gasteiger partial charge in [-0.05, 0) is 41.4 Å². The van der Waals surface area contributed by atoms with E-state index in [4.69, 9.17) is 4.74 Å². The zero-order chi connectivity index (χ0) is 16.4. The number of hydrogen-bond acceptors (Lipinski definition) is 4. The zero-order valence-corrected chi connectivity index (χ0v) is 15.0. The number of fused-ring (bicyclic) bond motifs is 1. The Labute approximate surface area is 144 Å². The number of pyridine rings is 1. The molecule has 0 aromatic carbocycles. The molecule has 124 valence electrons. The molecule has 0 radical (unpaired) electrons. The van der Waals surface area contributed by atoms with Gasteiger partial charge >= 0.3 is 0 Å². The SMILES string of the molecule is Cc1nc2c(C)cc(Br)cn2c1C(=O)NCCN1CCOCC1. The summed E-state index contributed by atoms with van der Waals surface area (Å²) in [6.07, 6.45) is 1.89. The van der Waals surface area contributed by atoms with Gasteiger partial charge in [-0.1, -0.05) is 0 Å². The highest BCUT2D eigenvalue weighted by atomic mass is 79.9. The van der Waals surface area contributed by atoms with Gasteiger partial charge in [-0.15, -0.1) is 0 Å². The number of aromatic nitrogens is 2. The lowest BCUT2D eigenvalue weighted by Gasteiger charge is -2.26. The van der Waals surface area contributed by atoms with E-state index in [9.17, 15) is 4.79 Å². The number of hydrogen-bond donors (Lipinski definition) is 1. The fraction of sp³-hybridized carbons (Fsp3) is 0.500. The third-order valence-electron chi connectivity index (χ3n) is 4.08. The maximum atomic E-state index is 12.6. The number of ether oxygens (including phenoxy) is 1. The van der Waals surface area contributed by atoms with Crippen molar-refractivity contribution >= 4 is 27.5 Å². The van der Waals surface area contributed by atoms with Gasteiger partial charge in [0.1, 0.15) is 11.3 Å². The summed E-state index contributed by atoms with van der Waals surface area (Å²) in [5.41, 5.74) is 3.21. The van der Waals surface area contributed by atoms with E-state index < -0.39 is 0 Å². The van der Waals surface area contributed by atoms with Crippen molar-refractivity contribution < 1.29 is 9.53 Å². The molecule has 6 nitrogen and oxygen atoms in total. The number of carbonyl (C=O) groups is 1. The Morgan fingerprint density at radius 2 is 2.13 bits per heavy atom. The number of carbonyl (C=O) groups excluding carboxylic acids is 1. The zero-order valence-electron chi connectivity index (χ0n) is 13.4. The average Bonchev–Trinajstić information content (AvgIpc) is 2.85. The monoisotopic (exact) mass is 380 g/mol. The van der Waals surface area contributed by atoms with Gasteiger partial charge in [-0.2, -0.15) is 0 Å². The minimum Gasteiger partial charge on any atom is -0.379 e. The van der Waals surface area contributed by atoms with Gasteiger partial charge < -0.3 is 10.1 Å². The number of imidazole rings is 1. The van der Waals surface area contributed by atoms with Crippen LogP contribution in [0.1, 0.15) is 21.7 Å². The molecule has 0 atom stereocenters. The Hall–Kier alpha value is -1.44. The Kier molecular flexibility index (Phi) is 4.99. The fourth-order valence-electron chi connectivity index (χ4n) is 2.89. The van der Waals surface area contributed by atoms with Crippen molar-refractivity contribution in [2.45, 2.75) is 13.8 Å². The van der Waals surface area contributed by atoms with Gasteiger partial charge in [0.05, 0.1) is 18.9 Å². The van der Waals surface area contributed by atoms with E-state index in [1.165, 1.54) is 0 Å². The summed E-state index contributed by atoms with van der Waals surface area (Å²) in [7, 11) is 0. The van der Waals surface area contributed by atoms with E-state index in [-0.39, 0.29) is 5.91 Å². The van der Waals surface area contributed by atoms with Crippen LogP contribution in [0.2, 0.25) is 0 Å². The molecule has 0 spiro atoms. The van der Waals surface area contributed by atoms with Gasteiger partial charge in [-0.25, -0.2) is 4.98 Å². The van der Waals surface area contributed by atoms with Gasteiger partial charge in [0.2, 0.25) is 0 Å². The highest BCUT2D eigenvalue weighted by Crippen LogP contribution is 2.20. The second-order valence-corrected chi connectivity index (χ2v) is 6.71. The van der Waals surface area contributed by atoms with Crippen molar-refractivity contribution in [3.8, 4) is 0 Å². The lowest BCUT2D eigenvalue weighted by atomic mass is 10.3. The molecule has 1 aliphatic rings. The summed E-state index contributed by atoms with van der Waals surface area (Å²) in [5, 5.41) is 3.01. The van der Waals surface area contributed by atoms with Crippen molar-refractivity contribution in [1.82, 2.24) is 19.6 Å². The minimum absolute atomic E-state index is 0.0826. The van der Waals surface area contributed by atoms with E-state index in [0.717, 1.165) is 54.2 Å².